The highest BCUT2D eigenvalue weighted by atomic mass is 35.5. The smallest absolute Gasteiger partial charge is 0.202 e. The number of fused-ring (bicyclic) bond motifs is 1. The van der Waals surface area contributed by atoms with Gasteiger partial charge in [0.25, 0.3) is 0 Å². The minimum absolute atomic E-state index is 0.0505. The fraction of sp³-hybridized carbons (Fsp3) is 0.0714. The lowest BCUT2D eigenvalue weighted by atomic mass is 10.1. The molecule has 0 N–H and O–H groups in total. The van der Waals surface area contributed by atoms with Crippen molar-refractivity contribution >= 4 is 38.8 Å². The van der Waals surface area contributed by atoms with Gasteiger partial charge in [-0.2, -0.15) is 0 Å². The largest absolute Gasteiger partial charge is 0.442 e. The molecular formula is C14H9ClO2S. The van der Waals surface area contributed by atoms with E-state index in [-0.39, 0.29) is 11.0 Å². The Morgan fingerprint density at radius 1 is 1.22 bits per heavy atom. The molecule has 0 bridgehead atoms. The molecule has 90 valence electrons. The van der Waals surface area contributed by atoms with Gasteiger partial charge in [-0.25, -0.2) is 0 Å². The van der Waals surface area contributed by atoms with Gasteiger partial charge in [0.15, 0.2) is 11.0 Å². The molecule has 0 atom stereocenters. The van der Waals surface area contributed by atoms with Crippen molar-refractivity contribution in [3.63, 3.8) is 0 Å². The Labute approximate surface area is 113 Å². The minimum Gasteiger partial charge on any atom is -0.442 e. The topological polar surface area (TPSA) is 30.2 Å². The fourth-order valence-corrected chi connectivity index (χ4v) is 3.00. The maximum absolute atomic E-state index is 12.0. The van der Waals surface area contributed by atoms with Crippen molar-refractivity contribution in [3.05, 3.63) is 58.3 Å². The zero-order chi connectivity index (χ0) is 12.5. The third-order valence-electron chi connectivity index (χ3n) is 2.76. The Morgan fingerprint density at radius 2 is 2.06 bits per heavy atom. The van der Waals surface area contributed by atoms with Gasteiger partial charge in [-0.1, -0.05) is 18.2 Å². The van der Waals surface area contributed by atoms with Crippen LogP contribution in [0.15, 0.2) is 46.2 Å². The van der Waals surface area contributed by atoms with E-state index >= 15 is 0 Å². The van der Waals surface area contributed by atoms with Crippen molar-refractivity contribution in [2.45, 2.75) is 6.42 Å². The number of Topliss-reactive ketones (excluding diaryl/α,β-unsaturated/α-hetero) is 1. The van der Waals surface area contributed by atoms with Gasteiger partial charge in [0, 0.05) is 11.1 Å². The third kappa shape index (κ3) is 2.07. The van der Waals surface area contributed by atoms with E-state index in [1.165, 1.54) is 4.70 Å². The zero-order valence-corrected chi connectivity index (χ0v) is 10.9. The third-order valence-corrected chi connectivity index (χ3v) is 3.98. The van der Waals surface area contributed by atoms with E-state index in [0.717, 1.165) is 10.9 Å². The summed E-state index contributed by atoms with van der Waals surface area (Å²) in [5.74, 6) is 0.265. The lowest BCUT2D eigenvalue weighted by molar-refractivity contribution is 0.0967. The quantitative estimate of drug-likeness (QED) is 0.656. The van der Waals surface area contributed by atoms with Gasteiger partial charge in [-0.15, -0.1) is 11.3 Å². The van der Waals surface area contributed by atoms with Gasteiger partial charge >= 0.3 is 0 Å². The first-order valence-corrected chi connectivity index (χ1v) is 6.73. The standard InChI is InChI=1S/C14H9ClO2S/c15-14-6-5-12(17-14)11(16)7-9-8-18-13-4-2-1-3-10(9)13/h1-6,8H,7H2. The second-order valence-corrected chi connectivity index (χ2v) is 5.24. The summed E-state index contributed by atoms with van der Waals surface area (Å²) in [5, 5.41) is 3.40. The summed E-state index contributed by atoms with van der Waals surface area (Å²) in [5.41, 5.74) is 1.04. The van der Waals surface area contributed by atoms with E-state index < -0.39 is 0 Å². The average molecular weight is 277 g/mol. The number of carbonyl (C=O) groups is 1. The van der Waals surface area contributed by atoms with Crippen LogP contribution in [-0.4, -0.2) is 5.78 Å². The number of ketones is 1. The summed E-state index contributed by atoms with van der Waals surface area (Å²) < 4.78 is 6.32. The average Bonchev–Trinajstić information content (AvgIpc) is 2.97. The molecule has 1 aromatic carbocycles. The molecule has 3 aromatic rings. The second-order valence-electron chi connectivity index (χ2n) is 3.96. The Morgan fingerprint density at radius 3 is 2.83 bits per heavy atom. The molecule has 0 aliphatic carbocycles. The predicted octanol–water partition coefficient (Wildman–Crippen LogP) is 4.57. The first-order valence-electron chi connectivity index (χ1n) is 5.47. The summed E-state index contributed by atoms with van der Waals surface area (Å²) in [6.45, 7) is 0. The van der Waals surface area contributed by atoms with Crippen molar-refractivity contribution in [1.29, 1.82) is 0 Å². The van der Waals surface area contributed by atoms with Gasteiger partial charge in [0.05, 0.1) is 0 Å². The summed E-state index contributed by atoms with van der Waals surface area (Å²) in [6, 6.07) is 11.3. The minimum atomic E-state index is -0.0505. The second kappa shape index (κ2) is 4.59. The molecule has 0 aliphatic rings. The molecule has 2 aromatic heterocycles. The van der Waals surface area contributed by atoms with Crippen molar-refractivity contribution in [2.24, 2.45) is 0 Å². The van der Waals surface area contributed by atoms with E-state index in [9.17, 15) is 4.79 Å². The van der Waals surface area contributed by atoms with Crippen LogP contribution in [0.1, 0.15) is 16.1 Å². The molecule has 0 unspecified atom stereocenters. The monoisotopic (exact) mass is 276 g/mol. The van der Waals surface area contributed by atoms with Crippen molar-refractivity contribution in [3.8, 4) is 0 Å². The first kappa shape index (κ1) is 11.5. The van der Waals surface area contributed by atoms with Gasteiger partial charge in [0.1, 0.15) is 0 Å². The molecule has 18 heavy (non-hydrogen) atoms. The molecule has 0 radical (unpaired) electrons. The maximum Gasteiger partial charge on any atom is 0.202 e. The Hall–Kier alpha value is -1.58. The van der Waals surface area contributed by atoms with Crippen LogP contribution in [0.25, 0.3) is 10.1 Å². The predicted molar refractivity (Wildman–Crippen MR) is 73.6 cm³/mol. The molecule has 0 saturated carbocycles. The fourth-order valence-electron chi connectivity index (χ4n) is 1.89. The maximum atomic E-state index is 12.0. The number of hydrogen-bond donors (Lipinski definition) is 0. The highest BCUT2D eigenvalue weighted by molar-refractivity contribution is 7.17. The number of thiophene rings is 1. The number of furan rings is 1. The van der Waals surface area contributed by atoms with Crippen LogP contribution in [0, 0.1) is 0 Å². The zero-order valence-electron chi connectivity index (χ0n) is 9.35. The van der Waals surface area contributed by atoms with Crippen LogP contribution in [-0.2, 0) is 6.42 Å². The van der Waals surface area contributed by atoms with Crippen LogP contribution in [0.3, 0.4) is 0 Å². The van der Waals surface area contributed by atoms with Crippen LogP contribution >= 0.6 is 22.9 Å². The van der Waals surface area contributed by atoms with Crippen molar-refractivity contribution < 1.29 is 9.21 Å². The van der Waals surface area contributed by atoms with Gasteiger partial charge in [0.2, 0.25) is 5.78 Å². The Kier molecular flexibility index (Phi) is 2.94. The normalized spacial score (nSPS) is 10.9. The summed E-state index contributed by atoms with van der Waals surface area (Å²) in [7, 11) is 0. The number of rotatable bonds is 3. The lowest BCUT2D eigenvalue weighted by Gasteiger charge is -1.97. The molecular weight excluding hydrogens is 268 g/mol. The van der Waals surface area contributed by atoms with Gasteiger partial charge < -0.3 is 4.42 Å². The summed E-state index contributed by atoms with van der Waals surface area (Å²) in [4.78, 5) is 12.0. The van der Waals surface area contributed by atoms with Crippen LogP contribution < -0.4 is 0 Å². The Balaban J connectivity index is 1.90. The molecule has 0 amide bonds. The van der Waals surface area contributed by atoms with Crippen molar-refractivity contribution in [1.82, 2.24) is 0 Å². The van der Waals surface area contributed by atoms with Crippen molar-refractivity contribution in [2.75, 3.05) is 0 Å². The lowest BCUT2D eigenvalue weighted by Crippen LogP contribution is -2.01. The molecule has 3 rings (SSSR count). The number of carbonyl (C=O) groups excluding carboxylic acids is 1. The number of halogens is 1. The van der Waals surface area contributed by atoms with Gasteiger partial charge in [-0.05, 0) is 46.1 Å². The molecule has 0 spiro atoms. The number of hydrogen-bond acceptors (Lipinski definition) is 3. The molecule has 4 heteroatoms. The molecule has 0 saturated heterocycles. The first-order chi connectivity index (χ1) is 8.74. The van der Waals surface area contributed by atoms with Crippen LogP contribution in [0.5, 0.6) is 0 Å². The molecule has 0 aliphatic heterocycles. The van der Waals surface area contributed by atoms with Gasteiger partial charge in [-0.3, -0.25) is 4.79 Å². The Bertz CT molecular complexity index is 711. The van der Waals surface area contributed by atoms with E-state index in [2.05, 4.69) is 6.07 Å². The SMILES string of the molecule is O=C(Cc1csc2ccccc12)c1ccc(Cl)o1. The summed E-state index contributed by atoms with van der Waals surface area (Å²) in [6.07, 6.45) is 0.341. The van der Waals surface area contributed by atoms with E-state index in [1.807, 2.05) is 23.6 Å². The van der Waals surface area contributed by atoms with E-state index in [0.29, 0.717) is 12.2 Å². The van der Waals surface area contributed by atoms with Crippen LogP contribution in [0.4, 0.5) is 0 Å². The molecule has 0 fully saturated rings. The van der Waals surface area contributed by atoms with Crippen LogP contribution in [0.2, 0.25) is 5.22 Å². The molecule has 2 nitrogen and oxygen atoms in total. The summed E-state index contributed by atoms with van der Waals surface area (Å²) >= 11 is 7.31. The highest BCUT2D eigenvalue weighted by Gasteiger charge is 2.13. The van der Waals surface area contributed by atoms with E-state index in [4.69, 9.17) is 16.0 Å². The molecule has 2 heterocycles. The number of benzene rings is 1. The highest BCUT2D eigenvalue weighted by Crippen LogP contribution is 2.27. The van der Waals surface area contributed by atoms with E-state index in [1.54, 1.807) is 23.5 Å².